The minimum absolute atomic E-state index is 0.0631. The van der Waals surface area contributed by atoms with Crippen LogP contribution in [-0.4, -0.2) is 14.2 Å². The number of hydrogen-bond donors (Lipinski definition) is 1. The van der Waals surface area contributed by atoms with Gasteiger partial charge in [-0.2, -0.15) is 0 Å². The second kappa shape index (κ2) is 8.04. The summed E-state index contributed by atoms with van der Waals surface area (Å²) in [7, 11) is -4.10. The van der Waals surface area contributed by atoms with Crippen molar-refractivity contribution in [3.63, 3.8) is 0 Å². The number of nitrogens with zero attached hydrogens (tertiary/aromatic N) is 1. The SMILES string of the molecule is Cc1ccc(CNC=C2C(=O)c3sccc3N(Cc3cccc(F)c3)S2(=O)=O)cc1. The van der Waals surface area contributed by atoms with Gasteiger partial charge in [-0.25, -0.2) is 12.8 Å². The van der Waals surface area contributed by atoms with Crippen molar-refractivity contribution in [3.05, 3.63) is 98.5 Å². The summed E-state index contributed by atoms with van der Waals surface area (Å²) in [6.45, 7) is 2.30. The molecular formula is C22H19FN2O3S2. The number of ketones is 1. The summed E-state index contributed by atoms with van der Waals surface area (Å²) in [5.41, 5.74) is 2.91. The minimum atomic E-state index is -4.10. The predicted molar refractivity (Wildman–Crippen MR) is 116 cm³/mol. The lowest BCUT2D eigenvalue weighted by Crippen LogP contribution is -2.38. The molecule has 154 valence electrons. The highest BCUT2D eigenvalue weighted by molar-refractivity contribution is 7.97. The first kappa shape index (κ1) is 20.3. The van der Waals surface area contributed by atoms with Gasteiger partial charge in [0.15, 0.2) is 4.91 Å². The highest BCUT2D eigenvalue weighted by atomic mass is 32.2. The molecule has 3 aromatic rings. The third-order valence-electron chi connectivity index (χ3n) is 4.79. The van der Waals surface area contributed by atoms with Crippen molar-refractivity contribution >= 4 is 32.8 Å². The van der Waals surface area contributed by atoms with Crippen LogP contribution in [0, 0.1) is 12.7 Å². The summed E-state index contributed by atoms with van der Waals surface area (Å²) < 4.78 is 41.3. The standard InChI is InChI=1S/C22H19FN2O3S2/c1-15-5-7-16(8-6-15)12-24-13-20-21(26)22-19(9-10-29-22)25(30(20,27)28)14-17-3-2-4-18(23)11-17/h2-11,13,24H,12,14H2,1H3. The number of allylic oxidation sites excluding steroid dienone is 1. The molecule has 0 fully saturated rings. The number of thiophene rings is 1. The number of aryl methyl sites for hydroxylation is 1. The van der Waals surface area contributed by atoms with E-state index in [0.717, 1.165) is 15.4 Å². The summed E-state index contributed by atoms with van der Waals surface area (Å²) in [6, 6.07) is 15.2. The Bertz CT molecular complexity index is 1230. The van der Waals surface area contributed by atoms with Crippen LogP contribution >= 0.6 is 11.3 Å². The molecule has 0 aliphatic carbocycles. The fourth-order valence-corrected chi connectivity index (χ4v) is 5.73. The van der Waals surface area contributed by atoms with Crippen LogP contribution in [0.5, 0.6) is 0 Å². The number of anilines is 1. The Hall–Kier alpha value is -2.97. The topological polar surface area (TPSA) is 66.5 Å². The van der Waals surface area contributed by atoms with E-state index in [1.54, 1.807) is 17.5 Å². The summed E-state index contributed by atoms with van der Waals surface area (Å²) in [5.74, 6) is -0.981. The van der Waals surface area contributed by atoms with E-state index in [4.69, 9.17) is 0 Å². The Labute approximate surface area is 178 Å². The predicted octanol–water partition coefficient (Wildman–Crippen LogP) is 4.36. The van der Waals surface area contributed by atoms with E-state index in [2.05, 4.69) is 5.32 Å². The van der Waals surface area contributed by atoms with Gasteiger partial charge in [0, 0.05) is 12.7 Å². The van der Waals surface area contributed by atoms with Gasteiger partial charge in [-0.1, -0.05) is 42.0 Å². The largest absolute Gasteiger partial charge is 0.386 e. The zero-order valence-electron chi connectivity index (χ0n) is 16.1. The quantitative estimate of drug-likeness (QED) is 0.597. The minimum Gasteiger partial charge on any atom is -0.386 e. The van der Waals surface area contributed by atoms with Gasteiger partial charge in [-0.3, -0.25) is 9.10 Å². The monoisotopic (exact) mass is 442 g/mol. The first-order chi connectivity index (χ1) is 14.4. The van der Waals surface area contributed by atoms with E-state index < -0.39 is 21.6 Å². The molecule has 1 aliphatic heterocycles. The van der Waals surface area contributed by atoms with E-state index >= 15 is 0 Å². The molecule has 0 unspecified atom stereocenters. The summed E-state index contributed by atoms with van der Waals surface area (Å²) >= 11 is 1.19. The van der Waals surface area contributed by atoms with Crippen molar-refractivity contribution in [2.45, 2.75) is 20.0 Å². The van der Waals surface area contributed by atoms with Crippen LogP contribution in [0.3, 0.4) is 0 Å². The van der Waals surface area contributed by atoms with Gasteiger partial charge < -0.3 is 5.32 Å². The molecule has 1 aliphatic rings. The van der Waals surface area contributed by atoms with Crippen molar-refractivity contribution in [1.29, 1.82) is 0 Å². The number of carbonyl (C=O) groups excluding carboxylic acids is 1. The molecule has 2 heterocycles. The molecule has 0 bridgehead atoms. The fourth-order valence-electron chi connectivity index (χ4n) is 3.22. The maximum Gasteiger partial charge on any atom is 0.270 e. The number of hydrogen-bond acceptors (Lipinski definition) is 5. The Morgan fingerprint density at radius 2 is 1.87 bits per heavy atom. The molecule has 2 aromatic carbocycles. The number of sulfonamides is 1. The number of Topliss-reactive ketones (excluding diaryl/α,β-unsaturated/α-hetero) is 1. The van der Waals surface area contributed by atoms with Gasteiger partial charge in [0.05, 0.1) is 12.2 Å². The first-order valence-corrected chi connectivity index (χ1v) is 11.6. The van der Waals surface area contributed by atoms with E-state index in [0.29, 0.717) is 22.7 Å². The van der Waals surface area contributed by atoms with Crippen molar-refractivity contribution < 1.29 is 17.6 Å². The summed E-state index contributed by atoms with van der Waals surface area (Å²) in [5, 5.41) is 4.63. The van der Waals surface area contributed by atoms with Crippen LogP contribution in [-0.2, 0) is 23.1 Å². The van der Waals surface area contributed by atoms with Crippen molar-refractivity contribution in [1.82, 2.24) is 5.32 Å². The smallest absolute Gasteiger partial charge is 0.270 e. The summed E-state index contributed by atoms with van der Waals surface area (Å²) in [4.78, 5) is 12.9. The number of rotatable bonds is 5. The molecular weight excluding hydrogens is 423 g/mol. The third kappa shape index (κ3) is 3.88. The molecule has 0 saturated heterocycles. The molecule has 0 saturated carbocycles. The molecule has 5 nitrogen and oxygen atoms in total. The van der Waals surface area contributed by atoms with Gasteiger partial charge in [-0.15, -0.1) is 11.3 Å². The van der Waals surface area contributed by atoms with Crippen LogP contribution in [0.4, 0.5) is 10.1 Å². The zero-order chi connectivity index (χ0) is 21.3. The van der Waals surface area contributed by atoms with Gasteiger partial charge in [-0.05, 0) is 41.6 Å². The average Bonchev–Trinajstić information content (AvgIpc) is 3.19. The van der Waals surface area contributed by atoms with E-state index in [9.17, 15) is 17.6 Å². The first-order valence-electron chi connectivity index (χ1n) is 9.25. The lowest BCUT2D eigenvalue weighted by Gasteiger charge is -2.29. The number of carbonyl (C=O) groups is 1. The molecule has 1 aromatic heterocycles. The number of nitrogens with one attached hydrogen (secondary N) is 1. The van der Waals surface area contributed by atoms with Crippen LogP contribution in [0.15, 0.2) is 71.1 Å². The van der Waals surface area contributed by atoms with Crippen molar-refractivity contribution in [2.24, 2.45) is 0 Å². The number of benzene rings is 2. The van der Waals surface area contributed by atoms with Crippen LogP contribution in [0.1, 0.15) is 26.4 Å². The Morgan fingerprint density at radius 1 is 1.10 bits per heavy atom. The van der Waals surface area contributed by atoms with E-state index in [1.807, 2.05) is 31.2 Å². The molecule has 30 heavy (non-hydrogen) atoms. The van der Waals surface area contributed by atoms with Crippen LogP contribution in [0.25, 0.3) is 0 Å². The molecule has 0 atom stereocenters. The normalized spacial score (nSPS) is 16.5. The highest BCUT2D eigenvalue weighted by Gasteiger charge is 2.41. The number of fused-ring (bicyclic) bond motifs is 1. The van der Waals surface area contributed by atoms with Crippen LogP contribution in [0.2, 0.25) is 0 Å². The van der Waals surface area contributed by atoms with Gasteiger partial charge in [0.25, 0.3) is 10.0 Å². The van der Waals surface area contributed by atoms with Crippen LogP contribution < -0.4 is 9.62 Å². The maximum atomic E-state index is 13.6. The average molecular weight is 443 g/mol. The molecule has 1 N–H and O–H groups in total. The summed E-state index contributed by atoms with van der Waals surface area (Å²) in [6.07, 6.45) is 1.26. The Morgan fingerprint density at radius 3 is 2.60 bits per heavy atom. The second-order valence-electron chi connectivity index (χ2n) is 6.98. The Kier molecular flexibility index (Phi) is 5.44. The number of halogens is 1. The highest BCUT2D eigenvalue weighted by Crippen LogP contribution is 2.39. The van der Waals surface area contributed by atoms with Gasteiger partial charge in [0.2, 0.25) is 5.78 Å². The van der Waals surface area contributed by atoms with Crippen molar-refractivity contribution in [3.8, 4) is 0 Å². The van der Waals surface area contributed by atoms with E-state index in [1.165, 1.54) is 35.7 Å². The lowest BCUT2D eigenvalue weighted by atomic mass is 10.1. The molecule has 0 amide bonds. The fraction of sp³-hybridized carbons (Fsp3) is 0.136. The van der Waals surface area contributed by atoms with E-state index in [-0.39, 0.29) is 11.4 Å². The second-order valence-corrected chi connectivity index (χ2v) is 9.73. The third-order valence-corrected chi connectivity index (χ3v) is 7.45. The Balaban J connectivity index is 1.66. The molecule has 4 rings (SSSR count). The van der Waals surface area contributed by atoms with Gasteiger partial charge >= 0.3 is 0 Å². The van der Waals surface area contributed by atoms with Crippen molar-refractivity contribution in [2.75, 3.05) is 4.31 Å². The van der Waals surface area contributed by atoms with Gasteiger partial charge in [0.1, 0.15) is 10.7 Å². The maximum absolute atomic E-state index is 13.6. The lowest BCUT2D eigenvalue weighted by molar-refractivity contribution is 0.104. The molecule has 8 heteroatoms. The molecule has 0 spiro atoms. The zero-order valence-corrected chi connectivity index (χ0v) is 17.8. The molecule has 0 radical (unpaired) electrons.